The molecule has 194 valence electrons. The quantitative estimate of drug-likeness (QED) is 0.164. The Hall–Kier alpha value is 0.451. The lowest BCUT2D eigenvalue weighted by molar-refractivity contribution is 0.175. The number of hydrogen-bond donors (Lipinski definition) is 0. The lowest BCUT2D eigenvalue weighted by Crippen LogP contribution is -2.54. The molecule has 0 saturated carbocycles. The molecule has 5 nitrogen and oxygen atoms in total. The lowest BCUT2D eigenvalue weighted by atomic mass is 10.3. The Morgan fingerprint density at radius 1 is 0.562 bits per heavy atom. The number of rotatable bonds is 20. The highest BCUT2D eigenvalue weighted by Gasteiger charge is 2.42. The molecule has 0 aromatic rings. The molecule has 0 rings (SSSR count). The van der Waals surface area contributed by atoms with Gasteiger partial charge < -0.3 is 22.3 Å². The van der Waals surface area contributed by atoms with E-state index >= 15 is 0 Å². The van der Waals surface area contributed by atoms with Gasteiger partial charge >= 0.3 is 17.1 Å². The van der Waals surface area contributed by atoms with Crippen LogP contribution in [0.5, 0.6) is 0 Å². The van der Waals surface area contributed by atoms with Crippen molar-refractivity contribution >= 4 is 25.4 Å². The van der Waals surface area contributed by atoms with Crippen molar-refractivity contribution in [3.05, 3.63) is 0 Å². The van der Waals surface area contributed by atoms with Crippen LogP contribution in [0.15, 0.2) is 0 Å². The first-order valence-electron chi connectivity index (χ1n) is 13.4. The molecule has 0 heterocycles. The maximum atomic E-state index is 6.21. The maximum Gasteiger partial charge on any atom is 0.337 e. The van der Waals surface area contributed by atoms with Crippen LogP contribution in [0.2, 0.25) is 42.3 Å². The Kier molecular flexibility index (Phi) is 16.4. The van der Waals surface area contributed by atoms with Crippen LogP contribution >= 0.6 is 0 Å². The van der Waals surface area contributed by atoms with Crippen molar-refractivity contribution in [2.45, 2.75) is 117 Å². The minimum Gasteiger partial charge on any atom is -0.394 e. The summed E-state index contributed by atoms with van der Waals surface area (Å²) in [4.78, 5) is 0. The van der Waals surface area contributed by atoms with Crippen LogP contribution in [-0.4, -0.2) is 69.4 Å². The average molecular weight is 508 g/mol. The molecular formula is C24H57NO4Si3. The molecule has 0 spiro atoms. The van der Waals surface area contributed by atoms with Crippen molar-refractivity contribution in [3.8, 4) is 0 Å². The van der Waals surface area contributed by atoms with Crippen LogP contribution in [0, 0.1) is 0 Å². The zero-order valence-electron chi connectivity index (χ0n) is 23.5. The van der Waals surface area contributed by atoms with E-state index < -0.39 is 25.4 Å². The van der Waals surface area contributed by atoms with Gasteiger partial charge in [0.15, 0.2) is 0 Å². The fourth-order valence-corrected chi connectivity index (χ4v) is 14.0. The average Bonchev–Trinajstić information content (AvgIpc) is 2.76. The van der Waals surface area contributed by atoms with Gasteiger partial charge in [0, 0.05) is 37.5 Å². The zero-order valence-corrected chi connectivity index (χ0v) is 26.5. The van der Waals surface area contributed by atoms with Crippen LogP contribution in [0.1, 0.15) is 75.2 Å². The highest BCUT2D eigenvalue weighted by atomic mass is 28.4. The number of hydrogen-bond acceptors (Lipinski definition) is 5. The van der Waals surface area contributed by atoms with E-state index in [4.69, 9.17) is 17.7 Å². The molecule has 0 aliphatic heterocycles. The third-order valence-electron chi connectivity index (χ3n) is 7.82. The molecule has 32 heavy (non-hydrogen) atoms. The first-order chi connectivity index (χ1) is 15.1. The van der Waals surface area contributed by atoms with Crippen molar-refractivity contribution in [2.24, 2.45) is 0 Å². The third kappa shape index (κ3) is 9.24. The van der Waals surface area contributed by atoms with E-state index in [2.05, 4.69) is 80.0 Å². The standard InChI is InChI=1S/C24H57NO4Si3/c1-12-26-30(10,27-13-2)23(8)19-21-25(32(16-5,17-6)18-7)22-20-24(9)31(11,28-14-3)29-15-4/h23-24H,12-22H2,1-11H3. The molecule has 0 aliphatic rings. The predicted molar refractivity (Wildman–Crippen MR) is 147 cm³/mol. The minimum atomic E-state index is -2.15. The molecule has 0 aromatic carbocycles. The van der Waals surface area contributed by atoms with Gasteiger partial charge in [0.25, 0.3) is 0 Å². The van der Waals surface area contributed by atoms with E-state index in [1.165, 1.54) is 18.1 Å². The monoisotopic (exact) mass is 507 g/mol. The first kappa shape index (κ1) is 32.5. The summed E-state index contributed by atoms with van der Waals surface area (Å²) in [6.07, 6.45) is 2.30. The van der Waals surface area contributed by atoms with Gasteiger partial charge in [-0.1, -0.05) is 34.6 Å². The molecular weight excluding hydrogens is 451 g/mol. The van der Waals surface area contributed by atoms with E-state index in [-0.39, 0.29) is 0 Å². The second-order valence-electron chi connectivity index (χ2n) is 9.42. The molecule has 0 saturated heterocycles. The lowest BCUT2D eigenvalue weighted by Gasteiger charge is -2.43. The summed E-state index contributed by atoms with van der Waals surface area (Å²) in [5.74, 6) is 0. The molecule has 0 N–H and O–H groups in total. The minimum absolute atomic E-state index is 0.478. The Balaban J connectivity index is 5.51. The van der Waals surface area contributed by atoms with Crippen molar-refractivity contribution in [1.82, 2.24) is 4.57 Å². The molecule has 2 atom stereocenters. The molecule has 0 fully saturated rings. The van der Waals surface area contributed by atoms with E-state index in [1.807, 2.05) is 0 Å². The second-order valence-corrected chi connectivity index (χ2v) is 21.8. The van der Waals surface area contributed by atoms with Gasteiger partial charge in [0.05, 0.1) is 0 Å². The topological polar surface area (TPSA) is 40.2 Å². The van der Waals surface area contributed by atoms with E-state index in [0.29, 0.717) is 11.1 Å². The van der Waals surface area contributed by atoms with Crippen molar-refractivity contribution in [1.29, 1.82) is 0 Å². The van der Waals surface area contributed by atoms with Gasteiger partial charge in [-0.05, 0) is 84.9 Å². The highest BCUT2D eigenvalue weighted by Crippen LogP contribution is 2.33. The van der Waals surface area contributed by atoms with Gasteiger partial charge in [-0.2, -0.15) is 0 Å². The molecule has 0 radical (unpaired) electrons. The summed E-state index contributed by atoms with van der Waals surface area (Å²) in [7, 11) is -5.77. The van der Waals surface area contributed by atoms with Crippen LogP contribution < -0.4 is 0 Å². The molecule has 0 aromatic heterocycles. The summed E-state index contributed by atoms with van der Waals surface area (Å²) in [6, 6.07) is 3.96. The summed E-state index contributed by atoms with van der Waals surface area (Å²) in [5, 5.41) is 0. The Labute approximate surface area is 204 Å². The van der Waals surface area contributed by atoms with Crippen molar-refractivity contribution < 1.29 is 17.7 Å². The van der Waals surface area contributed by atoms with Gasteiger partial charge in [-0.15, -0.1) is 0 Å². The van der Waals surface area contributed by atoms with Gasteiger partial charge in [0.1, 0.15) is 8.24 Å². The van der Waals surface area contributed by atoms with Crippen molar-refractivity contribution in [2.75, 3.05) is 39.5 Å². The SMILES string of the molecule is CCO[Si](C)(OCC)C(C)CCN(CCC(C)[Si](C)(OCC)OCC)[Si](CC)(CC)CC. The first-order valence-corrected chi connectivity index (χ1v) is 20.7. The third-order valence-corrected chi connectivity index (χ3v) is 21.2. The van der Waals surface area contributed by atoms with Crippen LogP contribution in [-0.2, 0) is 17.7 Å². The van der Waals surface area contributed by atoms with Crippen LogP contribution in [0.3, 0.4) is 0 Å². The molecule has 0 amide bonds. The zero-order chi connectivity index (χ0) is 24.8. The predicted octanol–water partition coefficient (Wildman–Crippen LogP) is 7.14. The van der Waals surface area contributed by atoms with Crippen LogP contribution in [0.4, 0.5) is 0 Å². The normalized spacial score (nSPS) is 15.4. The Morgan fingerprint density at radius 2 is 0.844 bits per heavy atom. The molecule has 0 bridgehead atoms. The van der Waals surface area contributed by atoms with Crippen LogP contribution in [0.25, 0.3) is 0 Å². The summed E-state index contributed by atoms with van der Waals surface area (Å²) < 4.78 is 27.7. The van der Waals surface area contributed by atoms with E-state index in [9.17, 15) is 0 Å². The second kappa shape index (κ2) is 16.2. The number of nitrogens with zero attached hydrogens (tertiary/aromatic N) is 1. The van der Waals surface area contributed by atoms with E-state index in [0.717, 1.165) is 52.4 Å². The Morgan fingerprint density at radius 3 is 1.06 bits per heavy atom. The fourth-order valence-electron chi connectivity index (χ4n) is 5.03. The van der Waals surface area contributed by atoms with E-state index in [1.54, 1.807) is 0 Å². The fraction of sp³-hybridized carbons (Fsp3) is 1.00. The summed E-state index contributed by atoms with van der Waals surface area (Å²) >= 11 is 0. The molecule has 2 unspecified atom stereocenters. The summed E-state index contributed by atoms with van der Waals surface area (Å²) in [6.45, 7) is 30.1. The Bertz CT molecular complexity index is 428. The maximum absolute atomic E-state index is 6.21. The molecule has 0 aliphatic carbocycles. The highest BCUT2D eigenvalue weighted by molar-refractivity contribution is 6.77. The van der Waals surface area contributed by atoms with Crippen molar-refractivity contribution in [3.63, 3.8) is 0 Å². The molecule has 8 heteroatoms. The summed E-state index contributed by atoms with van der Waals surface area (Å²) in [5.41, 5.74) is 0.956. The van der Waals surface area contributed by atoms with Gasteiger partial charge in [-0.25, -0.2) is 0 Å². The smallest absolute Gasteiger partial charge is 0.337 e. The largest absolute Gasteiger partial charge is 0.394 e. The van der Waals surface area contributed by atoms with Gasteiger partial charge in [0.2, 0.25) is 0 Å². The van der Waals surface area contributed by atoms with Gasteiger partial charge in [-0.3, -0.25) is 0 Å².